The second kappa shape index (κ2) is 6.88. The highest BCUT2D eigenvalue weighted by atomic mass is 35.5. The zero-order valence-corrected chi connectivity index (χ0v) is 15.8. The summed E-state index contributed by atoms with van der Waals surface area (Å²) in [5, 5.41) is 3.88. The molecule has 3 nitrogen and oxygen atoms in total. The van der Waals surface area contributed by atoms with Crippen LogP contribution in [0.25, 0.3) is 5.57 Å². The van der Waals surface area contributed by atoms with Crippen molar-refractivity contribution >= 4 is 23.1 Å². The monoisotopic (exact) mass is 366 g/mol. The molecule has 0 aliphatic heterocycles. The fraction of sp³-hybridized carbons (Fsp3) is 0.364. The minimum Gasteiger partial charge on any atom is -0.349 e. The van der Waals surface area contributed by atoms with Crippen LogP contribution in [0, 0.1) is 24.7 Å². The van der Waals surface area contributed by atoms with Gasteiger partial charge in [0.25, 0.3) is 5.91 Å². The molecule has 26 heavy (non-hydrogen) atoms. The summed E-state index contributed by atoms with van der Waals surface area (Å²) in [6.45, 7) is 4.23. The third-order valence-corrected chi connectivity index (χ3v) is 5.97. The molecule has 1 unspecified atom stereocenters. The number of nitrogens with one attached hydrogen (secondary N) is 1. The molecule has 2 aromatic rings. The van der Waals surface area contributed by atoms with Crippen LogP contribution in [0.1, 0.15) is 41.3 Å². The lowest BCUT2D eigenvalue weighted by atomic mass is 9.97. The maximum absolute atomic E-state index is 12.5. The van der Waals surface area contributed by atoms with Crippen LogP contribution in [0.4, 0.5) is 0 Å². The first kappa shape index (κ1) is 17.3. The number of allylic oxidation sites excluding steroid dienone is 2. The first-order valence-electron chi connectivity index (χ1n) is 9.26. The summed E-state index contributed by atoms with van der Waals surface area (Å²) in [5.74, 6) is 1.78. The van der Waals surface area contributed by atoms with Crippen molar-refractivity contribution in [1.29, 1.82) is 0 Å². The van der Waals surface area contributed by atoms with E-state index in [0.29, 0.717) is 28.3 Å². The summed E-state index contributed by atoms with van der Waals surface area (Å²) >= 11 is 5.91. The molecule has 4 rings (SSSR count). The second-order valence-electron chi connectivity index (χ2n) is 7.46. The molecule has 2 aliphatic carbocycles. The predicted molar refractivity (Wildman–Crippen MR) is 105 cm³/mol. The van der Waals surface area contributed by atoms with Crippen LogP contribution >= 0.6 is 11.6 Å². The maximum Gasteiger partial charge on any atom is 0.251 e. The van der Waals surface area contributed by atoms with Crippen LogP contribution in [-0.4, -0.2) is 16.9 Å². The van der Waals surface area contributed by atoms with E-state index in [2.05, 4.69) is 36.3 Å². The second-order valence-corrected chi connectivity index (χ2v) is 7.90. The van der Waals surface area contributed by atoms with Gasteiger partial charge in [0.05, 0.1) is 0 Å². The fourth-order valence-corrected chi connectivity index (χ4v) is 4.45. The number of pyridine rings is 1. The van der Waals surface area contributed by atoms with E-state index < -0.39 is 0 Å². The number of benzene rings is 1. The molecule has 1 N–H and O–H groups in total. The van der Waals surface area contributed by atoms with Gasteiger partial charge >= 0.3 is 0 Å². The molecule has 1 heterocycles. The maximum atomic E-state index is 12.5. The number of hydrogen-bond donors (Lipinski definition) is 1. The zero-order valence-electron chi connectivity index (χ0n) is 15.1. The molecular weight excluding hydrogens is 344 g/mol. The normalized spacial score (nSPS) is 24.6. The third-order valence-electron chi connectivity index (χ3n) is 5.71. The van der Waals surface area contributed by atoms with E-state index in [0.717, 1.165) is 12.8 Å². The first-order valence-corrected chi connectivity index (χ1v) is 9.63. The SMILES string of the molecule is CCC(NC(=O)c1ccc(Cl)cc1)[C@@H]1[C@H]2C=C(c3cncc(C)c3)C[C@H]21. The molecule has 4 heteroatoms. The first-order chi connectivity index (χ1) is 12.6. The van der Waals surface area contributed by atoms with Crippen molar-refractivity contribution in [2.45, 2.75) is 32.7 Å². The minimum absolute atomic E-state index is 0.00872. The standard InChI is InChI=1S/C22H23ClN2O/c1-3-20(25-22(26)14-4-6-17(23)7-5-14)21-18-9-15(10-19(18)21)16-8-13(2)11-24-12-16/h4-9,11-12,18-21H,3,10H2,1-2H3,(H,25,26)/t18-,19+,20?,21+/m0/s1. The number of fused-ring (bicyclic) bond motifs is 1. The number of carbonyl (C=O) groups is 1. The van der Waals surface area contributed by atoms with Gasteiger partial charge in [0.2, 0.25) is 0 Å². The Hall–Kier alpha value is -2.13. The summed E-state index contributed by atoms with van der Waals surface area (Å²) in [4.78, 5) is 16.8. The molecule has 2 aliphatic rings. The van der Waals surface area contributed by atoms with Crippen LogP contribution < -0.4 is 5.32 Å². The van der Waals surface area contributed by atoms with Crippen molar-refractivity contribution in [3.8, 4) is 0 Å². The van der Waals surface area contributed by atoms with Crippen molar-refractivity contribution in [3.05, 3.63) is 70.5 Å². The largest absolute Gasteiger partial charge is 0.349 e. The Kier molecular flexibility index (Phi) is 4.58. The molecule has 1 amide bonds. The number of aryl methyl sites for hydroxylation is 1. The van der Waals surface area contributed by atoms with Gasteiger partial charge in [-0.3, -0.25) is 9.78 Å². The summed E-state index contributed by atoms with van der Waals surface area (Å²) in [6, 6.07) is 9.50. The zero-order chi connectivity index (χ0) is 18.3. The third kappa shape index (κ3) is 3.28. The highest BCUT2D eigenvalue weighted by Gasteiger charge is 2.55. The molecule has 0 radical (unpaired) electrons. The van der Waals surface area contributed by atoms with Gasteiger partial charge in [0, 0.05) is 29.0 Å². The van der Waals surface area contributed by atoms with Crippen LogP contribution in [0.5, 0.6) is 0 Å². The Bertz CT molecular complexity index is 859. The predicted octanol–water partition coefficient (Wildman–Crippen LogP) is 4.90. The van der Waals surface area contributed by atoms with Crippen LogP contribution in [0.15, 0.2) is 48.8 Å². The topological polar surface area (TPSA) is 42.0 Å². The minimum atomic E-state index is -0.00872. The van der Waals surface area contributed by atoms with Crippen LogP contribution in [0.3, 0.4) is 0 Å². The van der Waals surface area contributed by atoms with Crippen molar-refractivity contribution in [1.82, 2.24) is 10.3 Å². The number of aromatic nitrogens is 1. The Morgan fingerprint density at radius 3 is 2.69 bits per heavy atom. The van der Waals surface area contributed by atoms with E-state index in [1.165, 1.54) is 16.7 Å². The van der Waals surface area contributed by atoms with Gasteiger partial charge in [-0.25, -0.2) is 0 Å². The van der Waals surface area contributed by atoms with Gasteiger partial charge in [0.15, 0.2) is 0 Å². The fourth-order valence-electron chi connectivity index (χ4n) is 4.32. The highest BCUT2D eigenvalue weighted by Crippen LogP contribution is 2.59. The lowest BCUT2D eigenvalue weighted by molar-refractivity contribution is 0.0929. The van der Waals surface area contributed by atoms with E-state index >= 15 is 0 Å². The van der Waals surface area contributed by atoms with Crippen molar-refractivity contribution in [2.75, 3.05) is 0 Å². The van der Waals surface area contributed by atoms with Gasteiger partial charge in [-0.15, -0.1) is 0 Å². The number of rotatable bonds is 5. The van der Waals surface area contributed by atoms with E-state index in [-0.39, 0.29) is 11.9 Å². The molecule has 1 fully saturated rings. The Morgan fingerprint density at radius 1 is 1.31 bits per heavy atom. The lowest BCUT2D eigenvalue weighted by Crippen LogP contribution is -2.37. The molecule has 1 saturated carbocycles. The van der Waals surface area contributed by atoms with Crippen LogP contribution in [-0.2, 0) is 0 Å². The van der Waals surface area contributed by atoms with Gasteiger partial charge < -0.3 is 5.32 Å². The van der Waals surface area contributed by atoms with Gasteiger partial charge in [-0.05, 0) is 84.6 Å². The van der Waals surface area contributed by atoms with Crippen molar-refractivity contribution in [2.24, 2.45) is 17.8 Å². The highest BCUT2D eigenvalue weighted by molar-refractivity contribution is 6.30. The molecule has 1 aromatic heterocycles. The van der Waals surface area contributed by atoms with Crippen molar-refractivity contribution < 1.29 is 4.79 Å². The van der Waals surface area contributed by atoms with E-state index in [4.69, 9.17) is 11.6 Å². The molecule has 1 aromatic carbocycles. The molecular formula is C22H23ClN2O. The quantitative estimate of drug-likeness (QED) is 0.817. The Balaban J connectivity index is 1.42. The Labute approximate surface area is 159 Å². The molecule has 4 atom stereocenters. The molecule has 0 spiro atoms. The number of halogens is 1. The smallest absolute Gasteiger partial charge is 0.251 e. The summed E-state index contributed by atoms with van der Waals surface area (Å²) in [7, 11) is 0. The summed E-state index contributed by atoms with van der Waals surface area (Å²) in [6.07, 6.45) is 8.29. The van der Waals surface area contributed by atoms with Gasteiger partial charge in [0.1, 0.15) is 0 Å². The van der Waals surface area contributed by atoms with Crippen molar-refractivity contribution in [3.63, 3.8) is 0 Å². The van der Waals surface area contributed by atoms with Gasteiger partial charge in [-0.1, -0.05) is 24.6 Å². The average Bonchev–Trinajstić information content (AvgIpc) is 3.12. The number of amides is 1. The van der Waals surface area contributed by atoms with E-state index in [1.54, 1.807) is 24.3 Å². The lowest BCUT2D eigenvalue weighted by Gasteiger charge is -2.19. The van der Waals surface area contributed by atoms with E-state index in [9.17, 15) is 4.79 Å². The number of hydrogen-bond acceptors (Lipinski definition) is 2. The number of nitrogens with zero attached hydrogens (tertiary/aromatic N) is 1. The average molecular weight is 367 g/mol. The Morgan fingerprint density at radius 2 is 2.08 bits per heavy atom. The molecule has 0 bridgehead atoms. The summed E-state index contributed by atoms with van der Waals surface area (Å²) in [5.41, 5.74) is 4.52. The summed E-state index contributed by atoms with van der Waals surface area (Å²) < 4.78 is 0. The number of carbonyl (C=O) groups excluding carboxylic acids is 1. The molecule has 0 saturated heterocycles. The van der Waals surface area contributed by atoms with Crippen LogP contribution in [0.2, 0.25) is 5.02 Å². The van der Waals surface area contributed by atoms with E-state index in [1.807, 2.05) is 12.4 Å². The van der Waals surface area contributed by atoms with Gasteiger partial charge in [-0.2, -0.15) is 0 Å². The molecule has 134 valence electrons.